The van der Waals surface area contributed by atoms with E-state index >= 15 is 0 Å². The van der Waals surface area contributed by atoms with Gasteiger partial charge in [0.05, 0.1) is 30.9 Å². The van der Waals surface area contributed by atoms with E-state index < -0.39 is 15.7 Å². The van der Waals surface area contributed by atoms with Crippen LogP contribution in [0.4, 0.5) is 11.4 Å². The van der Waals surface area contributed by atoms with Crippen LogP contribution in [0.1, 0.15) is 0 Å². The van der Waals surface area contributed by atoms with E-state index in [0.717, 1.165) is 5.69 Å². The Balaban J connectivity index is 1.82. The number of hydrogen-bond acceptors (Lipinski definition) is 6. The summed E-state index contributed by atoms with van der Waals surface area (Å²) in [7, 11) is -2.34. The van der Waals surface area contributed by atoms with Crippen LogP contribution in [-0.4, -0.2) is 52.6 Å². The highest BCUT2D eigenvalue weighted by atomic mass is 32.2. The van der Waals surface area contributed by atoms with Gasteiger partial charge in [-0.05, 0) is 36.4 Å². The predicted molar refractivity (Wildman–Crippen MR) is 104 cm³/mol. The molecule has 2 heterocycles. The van der Waals surface area contributed by atoms with Crippen LogP contribution >= 0.6 is 0 Å². The van der Waals surface area contributed by atoms with Gasteiger partial charge in [0.25, 0.3) is 5.91 Å². The summed E-state index contributed by atoms with van der Waals surface area (Å²) in [4.78, 5) is 16.2. The third-order valence-electron chi connectivity index (χ3n) is 4.81. The van der Waals surface area contributed by atoms with Gasteiger partial charge >= 0.3 is 0 Å². The van der Waals surface area contributed by atoms with Crippen molar-refractivity contribution in [3.8, 4) is 5.75 Å². The second-order valence-corrected chi connectivity index (χ2v) is 8.32. The van der Waals surface area contributed by atoms with E-state index in [9.17, 15) is 13.2 Å². The zero-order valence-electron chi connectivity index (χ0n) is 15.4. The van der Waals surface area contributed by atoms with Crippen molar-refractivity contribution in [2.45, 2.75) is 4.90 Å². The molecule has 8 heteroatoms. The topological polar surface area (TPSA) is 76.2 Å². The number of rotatable bonds is 3. The molecule has 146 valence electrons. The first-order chi connectivity index (χ1) is 13.5. The van der Waals surface area contributed by atoms with Crippen LogP contribution in [0.15, 0.2) is 64.5 Å². The number of benzene rings is 2. The number of fused-ring (bicyclic) bond motifs is 1. The quantitative estimate of drug-likeness (QED) is 0.787. The van der Waals surface area contributed by atoms with E-state index in [4.69, 9.17) is 9.47 Å². The van der Waals surface area contributed by atoms with E-state index in [1.165, 1.54) is 17.2 Å². The normalized spacial score (nSPS) is 18.2. The van der Waals surface area contributed by atoms with Gasteiger partial charge in [0, 0.05) is 25.0 Å². The fourth-order valence-electron chi connectivity index (χ4n) is 3.31. The molecule has 2 aliphatic rings. The van der Waals surface area contributed by atoms with Crippen molar-refractivity contribution in [2.75, 3.05) is 38.3 Å². The Morgan fingerprint density at radius 3 is 2.39 bits per heavy atom. The highest BCUT2D eigenvalue weighted by molar-refractivity contribution is 7.96. The second-order valence-electron chi connectivity index (χ2n) is 6.44. The van der Waals surface area contributed by atoms with E-state index in [0.29, 0.717) is 37.7 Å². The van der Waals surface area contributed by atoms with Gasteiger partial charge in [0.15, 0.2) is 4.91 Å². The fraction of sp³-hybridized carbons (Fsp3) is 0.250. The molecule has 0 aromatic heterocycles. The Hall–Kier alpha value is -2.84. The molecule has 0 radical (unpaired) electrons. The summed E-state index contributed by atoms with van der Waals surface area (Å²) in [5.74, 6) is 0.187. The van der Waals surface area contributed by atoms with Crippen molar-refractivity contribution in [3.05, 3.63) is 59.6 Å². The molecule has 1 saturated heterocycles. The molecule has 28 heavy (non-hydrogen) atoms. The highest BCUT2D eigenvalue weighted by Crippen LogP contribution is 2.40. The summed E-state index contributed by atoms with van der Waals surface area (Å²) < 4.78 is 36.8. The Labute approximate surface area is 163 Å². The zero-order valence-corrected chi connectivity index (χ0v) is 16.2. The standard InChI is InChI=1S/C20H20N2O5S/c1-26-16-8-6-15(7-9-16)22-14-19(20(23)21-10-12-27-13-11-21)28(24,25)18-5-3-2-4-17(18)22/h2-9,14H,10-13H2,1H3. The number of para-hydroxylation sites is 1. The average molecular weight is 400 g/mol. The molecule has 4 rings (SSSR count). The Morgan fingerprint density at radius 2 is 1.71 bits per heavy atom. The van der Waals surface area contributed by atoms with Gasteiger partial charge in [0.2, 0.25) is 9.84 Å². The number of anilines is 2. The Bertz CT molecular complexity index is 1020. The zero-order chi connectivity index (χ0) is 19.7. The molecule has 1 amide bonds. The minimum atomic E-state index is -3.92. The molecule has 2 aromatic rings. The number of ether oxygens (including phenoxy) is 2. The van der Waals surface area contributed by atoms with E-state index in [2.05, 4.69) is 0 Å². The first-order valence-corrected chi connectivity index (χ1v) is 10.4. The number of morpholine rings is 1. The summed E-state index contributed by atoms with van der Waals surface area (Å²) in [5.41, 5.74) is 1.24. The monoisotopic (exact) mass is 400 g/mol. The van der Waals surface area contributed by atoms with Gasteiger partial charge < -0.3 is 19.3 Å². The van der Waals surface area contributed by atoms with Gasteiger partial charge in [0.1, 0.15) is 5.75 Å². The molecule has 1 fully saturated rings. The molecule has 0 spiro atoms. The van der Waals surface area contributed by atoms with Crippen LogP contribution in [-0.2, 0) is 19.4 Å². The average Bonchev–Trinajstić information content (AvgIpc) is 2.74. The lowest BCUT2D eigenvalue weighted by atomic mass is 10.2. The molecule has 0 saturated carbocycles. The van der Waals surface area contributed by atoms with Crippen LogP contribution in [0.5, 0.6) is 5.75 Å². The van der Waals surface area contributed by atoms with Crippen LogP contribution in [0.2, 0.25) is 0 Å². The fourth-order valence-corrected chi connectivity index (χ4v) is 4.85. The first-order valence-electron chi connectivity index (χ1n) is 8.88. The number of nitrogens with zero attached hydrogens (tertiary/aromatic N) is 2. The summed E-state index contributed by atoms with van der Waals surface area (Å²) >= 11 is 0. The van der Waals surface area contributed by atoms with E-state index in [1.54, 1.807) is 42.3 Å². The molecule has 2 aromatic carbocycles. The number of carbonyl (C=O) groups is 1. The number of carbonyl (C=O) groups excluding carboxylic acids is 1. The summed E-state index contributed by atoms with van der Waals surface area (Å²) in [6.45, 7) is 1.54. The molecule has 0 aliphatic carbocycles. The molecule has 0 N–H and O–H groups in total. The predicted octanol–water partition coefficient (Wildman–Crippen LogP) is 2.32. The van der Waals surface area contributed by atoms with Gasteiger partial charge in [-0.1, -0.05) is 12.1 Å². The summed E-state index contributed by atoms with van der Waals surface area (Å²) in [6, 6.07) is 13.9. The Morgan fingerprint density at radius 1 is 1.04 bits per heavy atom. The lowest BCUT2D eigenvalue weighted by Crippen LogP contribution is -2.43. The minimum absolute atomic E-state index is 0.116. The van der Waals surface area contributed by atoms with E-state index in [1.807, 2.05) is 12.1 Å². The minimum Gasteiger partial charge on any atom is -0.497 e. The van der Waals surface area contributed by atoms with Gasteiger partial charge in [-0.15, -0.1) is 0 Å². The van der Waals surface area contributed by atoms with Gasteiger partial charge in [-0.3, -0.25) is 4.79 Å². The highest BCUT2D eigenvalue weighted by Gasteiger charge is 2.37. The third-order valence-corrected chi connectivity index (χ3v) is 6.59. The number of amides is 1. The number of methoxy groups -OCH3 is 1. The maximum Gasteiger partial charge on any atom is 0.267 e. The smallest absolute Gasteiger partial charge is 0.267 e. The number of hydrogen-bond donors (Lipinski definition) is 0. The molecule has 0 unspecified atom stereocenters. The molecular weight excluding hydrogens is 380 g/mol. The Kier molecular flexibility index (Phi) is 4.82. The second kappa shape index (κ2) is 7.29. The maximum absolute atomic E-state index is 13.2. The molecule has 0 atom stereocenters. The largest absolute Gasteiger partial charge is 0.497 e. The lowest BCUT2D eigenvalue weighted by Gasteiger charge is -2.32. The van der Waals surface area contributed by atoms with Crippen LogP contribution < -0.4 is 9.64 Å². The van der Waals surface area contributed by atoms with Crippen molar-refractivity contribution in [1.82, 2.24) is 4.90 Å². The number of sulfone groups is 1. The van der Waals surface area contributed by atoms with Gasteiger partial charge in [-0.25, -0.2) is 8.42 Å². The van der Waals surface area contributed by atoms with E-state index in [-0.39, 0.29) is 9.80 Å². The SMILES string of the molecule is COc1ccc(N2C=C(C(=O)N3CCOCC3)S(=O)(=O)c3ccccc32)cc1. The lowest BCUT2D eigenvalue weighted by molar-refractivity contribution is -0.130. The first kappa shape index (κ1) is 18.5. The van der Waals surface area contributed by atoms with Crippen molar-refractivity contribution < 1.29 is 22.7 Å². The summed E-state index contributed by atoms with van der Waals surface area (Å²) in [6.07, 6.45) is 1.41. The van der Waals surface area contributed by atoms with Crippen LogP contribution in [0, 0.1) is 0 Å². The third kappa shape index (κ3) is 3.14. The van der Waals surface area contributed by atoms with Crippen molar-refractivity contribution in [1.29, 1.82) is 0 Å². The maximum atomic E-state index is 13.2. The van der Waals surface area contributed by atoms with Crippen molar-refractivity contribution in [3.63, 3.8) is 0 Å². The van der Waals surface area contributed by atoms with Crippen molar-refractivity contribution >= 4 is 27.1 Å². The molecule has 0 bridgehead atoms. The molecular formula is C20H20N2O5S. The van der Waals surface area contributed by atoms with Crippen LogP contribution in [0.3, 0.4) is 0 Å². The van der Waals surface area contributed by atoms with Crippen molar-refractivity contribution in [2.24, 2.45) is 0 Å². The van der Waals surface area contributed by atoms with Crippen LogP contribution in [0.25, 0.3) is 0 Å². The molecule has 2 aliphatic heterocycles. The molecule has 7 nitrogen and oxygen atoms in total. The van der Waals surface area contributed by atoms with Gasteiger partial charge in [-0.2, -0.15) is 0 Å². The summed E-state index contributed by atoms with van der Waals surface area (Å²) in [5, 5.41) is 0.